The summed E-state index contributed by atoms with van der Waals surface area (Å²) in [4.78, 5) is 15.1. The fraction of sp³-hybridized carbons (Fsp3) is 0. The Balaban J connectivity index is 1.16. The number of hydrogen-bond donors (Lipinski definition) is 0. The first-order valence-corrected chi connectivity index (χ1v) is 17.5. The molecular weight excluding hydrogens is 631 g/mol. The van der Waals surface area contributed by atoms with Gasteiger partial charge in [0.15, 0.2) is 17.5 Å². The molecule has 0 saturated heterocycles. The third kappa shape index (κ3) is 6.17. The van der Waals surface area contributed by atoms with Gasteiger partial charge in [0.2, 0.25) is 0 Å². The van der Waals surface area contributed by atoms with Crippen molar-refractivity contribution in [3.8, 4) is 78.7 Å². The Morgan fingerprint density at radius 1 is 0.250 bits per heavy atom. The van der Waals surface area contributed by atoms with Gasteiger partial charge in [0.25, 0.3) is 0 Å². The van der Waals surface area contributed by atoms with Gasteiger partial charge >= 0.3 is 0 Å². The molecule has 0 saturated carbocycles. The molecule has 0 amide bonds. The highest BCUT2D eigenvalue weighted by atomic mass is 15.0. The lowest BCUT2D eigenvalue weighted by Crippen LogP contribution is -2.00. The van der Waals surface area contributed by atoms with Gasteiger partial charge in [-0.05, 0) is 61.3 Å². The highest BCUT2D eigenvalue weighted by molar-refractivity contribution is 6.04. The molecule has 0 aliphatic carbocycles. The monoisotopic (exact) mass is 663 g/mol. The van der Waals surface area contributed by atoms with Gasteiger partial charge in [-0.15, -0.1) is 0 Å². The molecule has 9 aromatic rings. The van der Waals surface area contributed by atoms with E-state index in [4.69, 9.17) is 15.0 Å². The van der Waals surface area contributed by atoms with Crippen LogP contribution in [-0.4, -0.2) is 15.0 Å². The van der Waals surface area contributed by atoms with Crippen molar-refractivity contribution in [2.45, 2.75) is 0 Å². The van der Waals surface area contributed by atoms with Crippen molar-refractivity contribution in [1.29, 1.82) is 0 Å². The number of nitrogens with zero attached hydrogens (tertiary/aromatic N) is 3. The molecule has 0 atom stereocenters. The first-order chi connectivity index (χ1) is 25.8. The zero-order valence-electron chi connectivity index (χ0n) is 28.4. The molecule has 3 nitrogen and oxygen atoms in total. The van der Waals surface area contributed by atoms with Crippen molar-refractivity contribution in [2.24, 2.45) is 0 Å². The normalized spacial score (nSPS) is 11.1. The van der Waals surface area contributed by atoms with Gasteiger partial charge in [-0.3, -0.25) is 0 Å². The van der Waals surface area contributed by atoms with E-state index in [0.29, 0.717) is 17.5 Å². The Hall–Kier alpha value is -6.97. The van der Waals surface area contributed by atoms with E-state index in [0.717, 1.165) is 27.8 Å². The van der Waals surface area contributed by atoms with Crippen molar-refractivity contribution in [3.05, 3.63) is 200 Å². The van der Waals surface area contributed by atoms with E-state index in [1.807, 2.05) is 36.4 Å². The summed E-state index contributed by atoms with van der Waals surface area (Å²) in [5, 5.41) is 2.39. The number of aromatic nitrogens is 3. The van der Waals surface area contributed by atoms with E-state index in [1.54, 1.807) is 0 Å². The lowest BCUT2D eigenvalue weighted by Gasteiger charge is -2.16. The third-order valence-electron chi connectivity index (χ3n) is 9.56. The predicted molar refractivity (Wildman–Crippen MR) is 215 cm³/mol. The zero-order valence-corrected chi connectivity index (χ0v) is 28.4. The Morgan fingerprint density at radius 3 is 1.25 bits per heavy atom. The SMILES string of the molecule is c1ccc(-c2ccc(-c3nc(-c4ccccc4)nc(-c4cccc(-c5c(-c6ccc(-c7ccccc7)cc6)ccc6ccccc56)c4)n3)cc2)cc1. The van der Waals surface area contributed by atoms with Crippen LogP contribution in [0.5, 0.6) is 0 Å². The van der Waals surface area contributed by atoms with E-state index in [9.17, 15) is 0 Å². The maximum Gasteiger partial charge on any atom is 0.164 e. The first-order valence-electron chi connectivity index (χ1n) is 17.5. The van der Waals surface area contributed by atoms with Crippen molar-refractivity contribution in [3.63, 3.8) is 0 Å². The molecule has 0 aliphatic rings. The van der Waals surface area contributed by atoms with Gasteiger partial charge in [0.05, 0.1) is 0 Å². The van der Waals surface area contributed by atoms with Crippen LogP contribution < -0.4 is 0 Å². The van der Waals surface area contributed by atoms with E-state index in [-0.39, 0.29) is 0 Å². The highest BCUT2D eigenvalue weighted by Crippen LogP contribution is 2.40. The largest absolute Gasteiger partial charge is 0.208 e. The van der Waals surface area contributed by atoms with Gasteiger partial charge in [0, 0.05) is 16.7 Å². The molecule has 3 heteroatoms. The molecule has 9 rings (SSSR count). The van der Waals surface area contributed by atoms with Crippen molar-refractivity contribution in [1.82, 2.24) is 15.0 Å². The second-order valence-corrected chi connectivity index (χ2v) is 12.8. The molecule has 0 aliphatic heterocycles. The van der Waals surface area contributed by atoms with Crippen LogP contribution in [0.25, 0.3) is 89.4 Å². The van der Waals surface area contributed by atoms with Gasteiger partial charge in [0.1, 0.15) is 0 Å². The third-order valence-corrected chi connectivity index (χ3v) is 9.56. The first kappa shape index (κ1) is 31.0. The summed E-state index contributed by atoms with van der Waals surface area (Å²) < 4.78 is 0. The molecule has 1 aromatic heterocycles. The Labute approximate surface area is 303 Å². The van der Waals surface area contributed by atoms with Crippen LogP contribution in [0.2, 0.25) is 0 Å². The zero-order chi connectivity index (χ0) is 34.7. The predicted octanol–water partition coefficient (Wildman–Crippen LogP) is 12.7. The Bertz CT molecular complexity index is 2630. The van der Waals surface area contributed by atoms with Crippen LogP contribution in [0.1, 0.15) is 0 Å². The number of benzene rings is 8. The smallest absolute Gasteiger partial charge is 0.164 e. The Morgan fingerprint density at radius 2 is 0.654 bits per heavy atom. The minimum absolute atomic E-state index is 0.631. The number of hydrogen-bond acceptors (Lipinski definition) is 3. The number of rotatable bonds is 7. The fourth-order valence-electron chi connectivity index (χ4n) is 6.90. The standard InChI is InChI=1S/C49H33N3/c1-4-13-34(14-5-1)36-23-27-39(28-24-36)45-32-31-38-17-10-11-22-44(38)46(45)42-20-12-21-43(33-42)49-51-47(40-18-8-3-9-19-40)50-48(52-49)41-29-25-37(26-30-41)35-15-6-2-7-16-35/h1-33H. The molecular formula is C49H33N3. The molecule has 8 aromatic carbocycles. The molecule has 0 N–H and O–H groups in total. The van der Waals surface area contributed by atoms with E-state index in [1.165, 1.54) is 44.2 Å². The average molecular weight is 664 g/mol. The second-order valence-electron chi connectivity index (χ2n) is 12.8. The van der Waals surface area contributed by atoms with E-state index >= 15 is 0 Å². The average Bonchev–Trinajstić information content (AvgIpc) is 3.24. The molecule has 0 radical (unpaired) electrons. The maximum atomic E-state index is 5.10. The van der Waals surface area contributed by atoms with Crippen LogP contribution in [0.4, 0.5) is 0 Å². The lowest BCUT2D eigenvalue weighted by atomic mass is 9.88. The van der Waals surface area contributed by atoms with Crippen molar-refractivity contribution in [2.75, 3.05) is 0 Å². The van der Waals surface area contributed by atoms with E-state index in [2.05, 4.69) is 164 Å². The minimum atomic E-state index is 0.631. The summed E-state index contributed by atoms with van der Waals surface area (Å²) in [6.07, 6.45) is 0. The molecule has 0 fully saturated rings. The highest BCUT2D eigenvalue weighted by Gasteiger charge is 2.16. The van der Waals surface area contributed by atoms with Crippen molar-refractivity contribution >= 4 is 10.8 Å². The molecule has 244 valence electrons. The summed E-state index contributed by atoms with van der Waals surface area (Å²) in [5.74, 6) is 1.91. The summed E-state index contributed by atoms with van der Waals surface area (Å²) in [6, 6.07) is 70.1. The van der Waals surface area contributed by atoms with Crippen LogP contribution >= 0.6 is 0 Å². The molecule has 0 spiro atoms. The summed E-state index contributed by atoms with van der Waals surface area (Å²) in [5.41, 5.74) is 12.2. The van der Waals surface area contributed by atoms with Gasteiger partial charge in [-0.1, -0.05) is 194 Å². The van der Waals surface area contributed by atoms with Gasteiger partial charge in [-0.2, -0.15) is 0 Å². The molecule has 0 unspecified atom stereocenters. The van der Waals surface area contributed by atoms with Crippen LogP contribution in [0, 0.1) is 0 Å². The minimum Gasteiger partial charge on any atom is -0.208 e. The topological polar surface area (TPSA) is 38.7 Å². The van der Waals surface area contributed by atoms with Crippen LogP contribution in [0.3, 0.4) is 0 Å². The van der Waals surface area contributed by atoms with Gasteiger partial charge in [-0.25, -0.2) is 15.0 Å². The van der Waals surface area contributed by atoms with Crippen molar-refractivity contribution < 1.29 is 0 Å². The van der Waals surface area contributed by atoms with Gasteiger partial charge < -0.3 is 0 Å². The summed E-state index contributed by atoms with van der Waals surface area (Å²) >= 11 is 0. The summed E-state index contributed by atoms with van der Waals surface area (Å²) in [6.45, 7) is 0. The quantitative estimate of drug-likeness (QED) is 0.170. The van der Waals surface area contributed by atoms with Crippen LogP contribution in [-0.2, 0) is 0 Å². The summed E-state index contributed by atoms with van der Waals surface area (Å²) in [7, 11) is 0. The second kappa shape index (κ2) is 13.7. The van der Waals surface area contributed by atoms with Crippen LogP contribution in [0.15, 0.2) is 200 Å². The maximum absolute atomic E-state index is 5.10. The lowest BCUT2D eigenvalue weighted by molar-refractivity contribution is 1.07. The number of fused-ring (bicyclic) bond motifs is 1. The fourth-order valence-corrected chi connectivity index (χ4v) is 6.90. The Kier molecular flexibility index (Phi) is 8.20. The molecule has 0 bridgehead atoms. The molecule has 1 heterocycles. The molecule has 52 heavy (non-hydrogen) atoms. The van der Waals surface area contributed by atoms with E-state index < -0.39 is 0 Å².